The van der Waals surface area contributed by atoms with Gasteiger partial charge in [-0.15, -0.1) is 0 Å². The van der Waals surface area contributed by atoms with Gasteiger partial charge in [-0.05, 0) is 6.92 Å². The summed E-state index contributed by atoms with van der Waals surface area (Å²) in [5, 5.41) is 6.15. The molecule has 1 aliphatic heterocycles. The standard InChI is InChI=1S/C17H21N3O2/c1-12-17(14-5-3-2-4-6-14)22-16(20-12)8-7-15(21)19-11-13-9-18-10-13/h2-6,13,18H,7-11H2,1H3,(H,19,21). The molecule has 0 aliphatic carbocycles. The van der Waals surface area contributed by atoms with Crippen LogP contribution in [0, 0.1) is 12.8 Å². The summed E-state index contributed by atoms with van der Waals surface area (Å²) in [5.74, 6) is 2.05. The van der Waals surface area contributed by atoms with Crippen LogP contribution in [0.2, 0.25) is 0 Å². The number of oxazole rings is 1. The van der Waals surface area contributed by atoms with Gasteiger partial charge in [0.05, 0.1) is 5.69 Å². The Morgan fingerprint density at radius 3 is 2.82 bits per heavy atom. The summed E-state index contributed by atoms with van der Waals surface area (Å²) in [5.41, 5.74) is 1.88. The minimum atomic E-state index is 0.0593. The van der Waals surface area contributed by atoms with Crippen LogP contribution < -0.4 is 10.6 Å². The molecule has 2 N–H and O–H groups in total. The third kappa shape index (κ3) is 3.54. The van der Waals surface area contributed by atoms with Crippen molar-refractivity contribution in [3.05, 3.63) is 41.9 Å². The van der Waals surface area contributed by atoms with Crippen molar-refractivity contribution in [2.75, 3.05) is 19.6 Å². The zero-order valence-electron chi connectivity index (χ0n) is 12.8. The van der Waals surface area contributed by atoms with E-state index in [0.29, 0.717) is 24.7 Å². The Balaban J connectivity index is 1.53. The van der Waals surface area contributed by atoms with Crippen molar-refractivity contribution >= 4 is 5.91 Å². The van der Waals surface area contributed by atoms with E-state index in [9.17, 15) is 4.79 Å². The first-order valence-electron chi connectivity index (χ1n) is 7.71. The normalized spacial score (nSPS) is 14.6. The lowest BCUT2D eigenvalue weighted by atomic mass is 10.0. The molecule has 3 rings (SSSR count). The number of nitrogens with one attached hydrogen (secondary N) is 2. The molecule has 2 aromatic rings. The molecule has 0 atom stereocenters. The van der Waals surface area contributed by atoms with Crippen LogP contribution >= 0.6 is 0 Å². The van der Waals surface area contributed by atoms with Crippen LogP contribution in [-0.2, 0) is 11.2 Å². The van der Waals surface area contributed by atoms with Crippen LogP contribution in [0.4, 0.5) is 0 Å². The lowest BCUT2D eigenvalue weighted by Gasteiger charge is -2.27. The Kier molecular flexibility index (Phi) is 4.53. The summed E-state index contributed by atoms with van der Waals surface area (Å²) in [6.45, 7) is 4.68. The minimum absolute atomic E-state index is 0.0593. The van der Waals surface area contributed by atoms with E-state index in [-0.39, 0.29) is 5.91 Å². The predicted molar refractivity (Wildman–Crippen MR) is 84.4 cm³/mol. The molecule has 5 heteroatoms. The molecule has 0 unspecified atom stereocenters. The van der Waals surface area contributed by atoms with Crippen molar-refractivity contribution < 1.29 is 9.21 Å². The summed E-state index contributed by atoms with van der Waals surface area (Å²) in [4.78, 5) is 16.2. The fraction of sp³-hybridized carbons (Fsp3) is 0.412. The highest BCUT2D eigenvalue weighted by atomic mass is 16.4. The molecule has 5 nitrogen and oxygen atoms in total. The Morgan fingerprint density at radius 1 is 1.36 bits per heavy atom. The van der Waals surface area contributed by atoms with E-state index in [2.05, 4.69) is 15.6 Å². The number of carbonyl (C=O) groups excluding carboxylic acids is 1. The van der Waals surface area contributed by atoms with Crippen LogP contribution in [0.15, 0.2) is 34.7 Å². The number of hydrogen-bond acceptors (Lipinski definition) is 4. The third-order valence-electron chi connectivity index (χ3n) is 3.90. The van der Waals surface area contributed by atoms with Gasteiger partial charge in [-0.25, -0.2) is 4.98 Å². The fourth-order valence-corrected chi connectivity index (χ4v) is 2.48. The van der Waals surface area contributed by atoms with E-state index in [0.717, 1.165) is 36.7 Å². The van der Waals surface area contributed by atoms with Gasteiger partial charge in [0.15, 0.2) is 11.7 Å². The van der Waals surface area contributed by atoms with Gasteiger partial charge >= 0.3 is 0 Å². The third-order valence-corrected chi connectivity index (χ3v) is 3.90. The monoisotopic (exact) mass is 299 g/mol. The Bertz CT molecular complexity index is 633. The molecular formula is C17H21N3O2. The number of hydrogen-bond donors (Lipinski definition) is 2. The number of aromatic nitrogens is 1. The number of benzene rings is 1. The molecule has 116 valence electrons. The van der Waals surface area contributed by atoms with Crippen LogP contribution in [0.1, 0.15) is 18.0 Å². The average molecular weight is 299 g/mol. The molecule has 0 radical (unpaired) electrons. The largest absolute Gasteiger partial charge is 0.440 e. The topological polar surface area (TPSA) is 67.2 Å². The van der Waals surface area contributed by atoms with Gasteiger partial charge in [-0.1, -0.05) is 30.3 Å². The SMILES string of the molecule is Cc1nc(CCC(=O)NCC2CNC2)oc1-c1ccccc1. The van der Waals surface area contributed by atoms with Gasteiger partial charge < -0.3 is 15.1 Å². The molecule has 1 aromatic carbocycles. The maximum atomic E-state index is 11.8. The van der Waals surface area contributed by atoms with Crippen molar-refractivity contribution in [2.24, 2.45) is 5.92 Å². The number of nitrogens with zero attached hydrogens (tertiary/aromatic N) is 1. The first-order valence-corrected chi connectivity index (χ1v) is 7.71. The van der Waals surface area contributed by atoms with Crippen molar-refractivity contribution in [3.8, 4) is 11.3 Å². The van der Waals surface area contributed by atoms with E-state index in [1.54, 1.807) is 0 Å². The van der Waals surface area contributed by atoms with Gasteiger partial charge in [0.2, 0.25) is 5.91 Å². The summed E-state index contributed by atoms with van der Waals surface area (Å²) in [6.07, 6.45) is 0.941. The quantitative estimate of drug-likeness (QED) is 0.855. The van der Waals surface area contributed by atoms with Crippen LogP contribution in [0.3, 0.4) is 0 Å². The van der Waals surface area contributed by atoms with E-state index in [1.165, 1.54) is 0 Å². The smallest absolute Gasteiger partial charge is 0.220 e. The highest BCUT2D eigenvalue weighted by Gasteiger charge is 2.17. The van der Waals surface area contributed by atoms with E-state index >= 15 is 0 Å². The summed E-state index contributed by atoms with van der Waals surface area (Å²) < 4.78 is 5.81. The first kappa shape index (κ1) is 14.8. The number of rotatable bonds is 6. The van der Waals surface area contributed by atoms with Gasteiger partial charge in [-0.3, -0.25) is 4.79 Å². The van der Waals surface area contributed by atoms with Crippen LogP contribution in [0.5, 0.6) is 0 Å². The van der Waals surface area contributed by atoms with Crippen molar-refractivity contribution in [1.29, 1.82) is 0 Å². The molecular weight excluding hydrogens is 278 g/mol. The maximum Gasteiger partial charge on any atom is 0.220 e. The van der Waals surface area contributed by atoms with Crippen molar-refractivity contribution in [1.82, 2.24) is 15.6 Å². The molecule has 0 spiro atoms. The highest BCUT2D eigenvalue weighted by Crippen LogP contribution is 2.24. The lowest BCUT2D eigenvalue weighted by molar-refractivity contribution is -0.121. The Hall–Kier alpha value is -2.14. The summed E-state index contributed by atoms with van der Waals surface area (Å²) >= 11 is 0. The second-order valence-electron chi connectivity index (χ2n) is 5.72. The molecule has 1 amide bonds. The van der Waals surface area contributed by atoms with Gasteiger partial charge in [0.25, 0.3) is 0 Å². The minimum Gasteiger partial charge on any atom is -0.440 e. The Labute approximate surface area is 130 Å². The van der Waals surface area contributed by atoms with Gasteiger partial charge in [0.1, 0.15) is 0 Å². The van der Waals surface area contributed by atoms with E-state index < -0.39 is 0 Å². The second kappa shape index (κ2) is 6.75. The van der Waals surface area contributed by atoms with Crippen molar-refractivity contribution in [2.45, 2.75) is 19.8 Å². The second-order valence-corrected chi connectivity index (χ2v) is 5.72. The number of carbonyl (C=O) groups is 1. The molecule has 1 saturated heterocycles. The Morgan fingerprint density at radius 2 is 2.14 bits per heavy atom. The average Bonchev–Trinajstić information content (AvgIpc) is 2.85. The van der Waals surface area contributed by atoms with Gasteiger partial charge in [-0.2, -0.15) is 0 Å². The van der Waals surface area contributed by atoms with E-state index in [1.807, 2.05) is 37.3 Å². The molecule has 22 heavy (non-hydrogen) atoms. The molecule has 2 heterocycles. The predicted octanol–water partition coefficient (Wildman–Crippen LogP) is 1.92. The zero-order valence-corrected chi connectivity index (χ0v) is 12.8. The summed E-state index contributed by atoms with van der Waals surface area (Å²) in [7, 11) is 0. The lowest BCUT2D eigenvalue weighted by Crippen LogP contribution is -2.48. The number of amides is 1. The van der Waals surface area contributed by atoms with Gasteiger partial charge in [0, 0.05) is 44.0 Å². The highest BCUT2D eigenvalue weighted by molar-refractivity contribution is 5.76. The molecule has 1 aromatic heterocycles. The fourth-order valence-electron chi connectivity index (χ4n) is 2.48. The molecule has 1 aliphatic rings. The van der Waals surface area contributed by atoms with Crippen LogP contribution in [-0.4, -0.2) is 30.5 Å². The molecule has 1 fully saturated rings. The molecule has 0 bridgehead atoms. The van der Waals surface area contributed by atoms with Crippen LogP contribution in [0.25, 0.3) is 11.3 Å². The zero-order chi connectivity index (χ0) is 15.4. The summed E-state index contributed by atoms with van der Waals surface area (Å²) in [6, 6.07) is 9.91. The van der Waals surface area contributed by atoms with E-state index in [4.69, 9.17) is 4.42 Å². The first-order chi connectivity index (χ1) is 10.7. The molecule has 0 saturated carbocycles. The van der Waals surface area contributed by atoms with Crippen molar-refractivity contribution in [3.63, 3.8) is 0 Å². The number of aryl methyl sites for hydroxylation is 2. The maximum absolute atomic E-state index is 11.8.